The number of carbonyl (C=O) groups excluding carboxylic acids is 1. The molecule has 31 heavy (non-hydrogen) atoms. The Balaban J connectivity index is 1.73. The van der Waals surface area contributed by atoms with Crippen molar-refractivity contribution < 1.29 is 41.0 Å². The summed E-state index contributed by atoms with van der Waals surface area (Å²) in [6.07, 6.45) is -4.58. The van der Waals surface area contributed by atoms with Crippen molar-refractivity contribution >= 4 is 11.7 Å². The number of ether oxygens (including phenoxy) is 3. The van der Waals surface area contributed by atoms with Gasteiger partial charge in [0.15, 0.2) is 0 Å². The van der Waals surface area contributed by atoms with E-state index in [1.807, 2.05) is 0 Å². The molecule has 1 heterocycles. The van der Waals surface area contributed by atoms with Crippen LogP contribution in [0, 0.1) is 0 Å². The molecule has 2 atom stereocenters. The normalized spacial score (nSPS) is 19.0. The quantitative estimate of drug-likeness (QED) is 0.455. The molecule has 0 radical (unpaired) electrons. The van der Waals surface area contributed by atoms with E-state index in [1.54, 1.807) is 29.2 Å². The molecule has 0 spiro atoms. The zero-order valence-electron chi connectivity index (χ0n) is 16.4. The number of nitrogens with zero attached hydrogens (tertiary/aromatic N) is 1. The summed E-state index contributed by atoms with van der Waals surface area (Å²) < 4.78 is 78.2. The summed E-state index contributed by atoms with van der Waals surface area (Å²) in [7, 11) is 1.26. The fraction of sp³-hybridized carbons (Fsp3) is 0.381. The third-order valence-corrected chi connectivity index (χ3v) is 4.90. The van der Waals surface area contributed by atoms with Crippen molar-refractivity contribution in [1.29, 1.82) is 0 Å². The van der Waals surface area contributed by atoms with Crippen LogP contribution in [0.4, 0.5) is 27.6 Å². The van der Waals surface area contributed by atoms with Crippen LogP contribution in [-0.2, 0) is 15.7 Å². The summed E-state index contributed by atoms with van der Waals surface area (Å²) in [5.41, 5.74) is 0.208. The number of rotatable bonds is 7. The second-order valence-corrected chi connectivity index (χ2v) is 6.94. The molecular formula is C21H20F5NO4. The summed E-state index contributed by atoms with van der Waals surface area (Å²) in [5.74, 6) is -0.261. The second kappa shape index (κ2) is 9.51. The molecule has 0 unspecified atom stereocenters. The number of carbonyl (C=O) groups is 1. The van der Waals surface area contributed by atoms with E-state index < -0.39 is 36.5 Å². The molecule has 3 rings (SSSR count). The summed E-state index contributed by atoms with van der Waals surface area (Å²) >= 11 is 0. The Hall–Kier alpha value is -2.88. The van der Waals surface area contributed by atoms with Gasteiger partial charge in [-0.2, -0.15) is 22.0 Å². The highest BCUT2D eigenvalue weighted by atomic mass is 19.4. The van der Waals surface area contributed by atoms with Crippen molar-refractivity contribution in [3.63, 3.8) is 0 Å². The van der Waals surface area contributed by atoms with E-state index in [4.69, 9.17) is 4.74 Å². The average Bonchev–Trinajstić information content (AvgIpc) is 3.14. The van der Waals surface area contributed by atoms with Gasteiger partial charge < -0.3 is 19.1 Å². The largest absolute Gasteiger partial charge is 0.489 e. The summed E-state index contributed by atoms with van der Waals surface area (Å²) in [6.45, 7) is -2.89. The van der Waals surface area contributed by atoms with Gasteiger partial charge in [0, 0.05) is 12.1 Å². The lowest BCUT2D eigenvalue weighted by Gasteiger charge is -2.26. The summed E-state index contributed by atoms with van der Waals surface area (Å²) in [4.78, 5) is 13.4. The predicted molar refractivity (Wildman–Crippen MR) is 101 cm³/mol. The molecule has 0 aliphatic carbocycles. The monoisotopic (exact) mass is 445 g/mol. The third-order valence-electron chi connectivity index (χ3n) is 4.90. The van der Waals surface area contributed by atoms with Gasteiger partial charge in [-0.25, -0.2) is 4.79 Å². The maximum absolute atomic E-state index is 12.7. The molecule has 0 aromatic heterocycles. The molecule has 0 amide bonds. The molecule has 168 valence electrons. The zero-order chi connectivity index (χ0) is 22.6. The first-order valence-corrected chi connectivity index (χ1v) is 9.36. The van der Waals surface area contributed by atoms with E-state index in [0.29, 0.717) is 24.2 Å². The van der Waals surface area contributed by atoms with Gasteiger partial charge in [0.1, 0.15) is 11.9 Å². The molecule has 1 aliphatic rings. The van der Waals surface area contributed by atoms with Crippen LogP contribution < -0.4 is 9.64 Å². The molecule has 10 heteroatoms. The molecule has 1 fully saturated rings. The second-order valence-electron chi connectivity index (χ2n) is 6.94. The van der Waals surface area contributed by atoms with Gasteiger partial charge in [-0.05, 0) is 48.5 Å². The van der Waals surface area contributed by atoms with Crippen molar-refractivity contribution in [3.8, 4) is 5.75 Å². The molecular weight excluding hydrogens is 425 g/mol. The highest BCUT2D eigenvalue weighted by Crippen LogP contribution is 2.32. The lowest BCUT2D eigenvalue weighted by Crippen LogP contribution is -2.34. The average molecular weight is 445 g/mol. The van der Waals surface area contributed by atoms with Gasteiger partial charge in [0.2, 0.25) is 0 Å². The van der Waals surface area contributed by atoms with Crippen molar-refractivity contribution in [2.45, 2.75) is 31.4 Å². The predicted octanol–water partition coefficient (Wildman–Crippen LogP) is 4.76. The number of hydrogen-bond donors (Lipinski definition) is 0. The Morgan fingerprint density at radius 3 is 2.29 bits per heavy atom. The Morgan fingerprint density at radius 1 is 1.10 bits per heavy atom. The van der Waals surface area contributed by atoms with E-state index in [9.17, 15) is 26.7 Å². The van der Waals surface area contributed by atoms with Crippen molar-refractivity contribution in [2.24, 2.45) is 0 Å². The van der Waals surface area contributed by atoms with Crippen LogP contribution in [0.25, 0.3) is 0 Å². The van der Waals surface area contributed by atoms with E-state index in [2.05, 4.69) is 9.47 Å². The first-order chi connectivity index (χ1) is 14.7. The number of halogens is 5. The zero-order valence-corrected chi connectivity index (χ0v) is 16.4. The lowest BCUT2D eigenvalue weighted by molar-refractivity contribution is -0.137. The minimum absolute atomic E-state index is 0.245. The van der Waals surface area contributed by atoms with Crippen LogP contribution in [0.15, 0.2) is 48.5 Å². The van der Waals surface area contributed by atoms with Crippen LogP contribution in [0.5, 0.6) is 5.75 Å². The van der Waals surface area contributed by atoms with Crippen LogP contribution in [0.3, 0.4) is 0 Å². The maximum Gasteiger partial charge on any atom is 0.416 e. The number of methoxy groups -OCH3 is 1. The number of esters is 1. The molecule has 0 bridgehead atoms. The van der Waals surface area contributed by atoms with E-state index in [-0.39, 0.29) is 12.4 Å². The number of benzene rings is 2. The van der Waals surface area contributed by atoms with E-state index in [0.717, 1.165) is 12.1 Å². The van der Waals surface area contributed by atoms with Crippen LogP contribution >= 0.6 is 0 Å². The van der Waals surface area contributed by atoms with Gasteiger partial charge in [0.25, 0.3) is 0 Å². The number of alkyl halides is 5. The Bertz CT molecular complexity index is 871. The molecule has 0 saturated carbocycles. The Kier molecular flexibility index (Phi) is 6.99. The van der Waals surface area contributed by atoms with Crippen molar-refractivity contribution in [2.75, 3.05) is 25.2 Å². The van der Waals surface area contributed by atoms with Crippen molar-refractivity contribution in [3.05, 3.63) is 59.7 Å². The number of anilines is 1. The van der Waals surface area contributed by atoms with Crippen molar-refractivity contribution in [1.82, 2.24) is 0 Å². The van der Waals surface area contributed by atoms with Crippen LogP contribution in [0.2, 0.25) is 0 Å². The van der Waals surface area contributed by atoms with Gasteiger partial charge >= 0.3 is 18.8 Å². The molecule has 5 nitrogen and oxygen atoms in total. The van der Waals surface area contributed by atoms with Crippen LogP contribution in [0.1, 0.15) is 22.3 Å². The van der Waals surface area contributed by atoms with Gasteiger partial charge in [0.05, 0.1) is 37.4 Å². The molecule has 1 aliphatic heterocycles. The smallest absolute Gasteiger partial charge is 0.416 e. The molecule has 2 aromatic carbocycles. The third kappa shape index (κ3) is 5.84. The Labute approximate surface area is 175 Å². The van der Waals surface area contributed by atoms with Gasteiger partial charge in [-0.15, -0.1) is 0 Å². The first kappa shape index (κ1) is 22.8. The minimum Gasteiger partial charge on any atom is -0.489 e. The fourth-order valence-corrected chi connectivity index (χ4v) is 3.44. The fourth-order valence-electron chi connectivity index (χ4n) is 3.44. The first-order valence-electron chi connectivity index (χ1n) is 9.36. The maximum atomic E-state index is 12.7. The topological polar surface area (TPSA) is 48.0 Å². The van der Waals surface area contributed by atoms with E-state index >= 15 is 0 Å². The molecule has 0 N–H and O–H groups in total. The SMILES string of the molecule is COC(=O)c1ccc(N2C[C@H](Oc3ccc(C(F)(F)F)cc3)C[C@@H]2COC(F)F)cc1. The standard InChI is InChI=1S/C21H20F5NO4/c1-29-19(28)13-2-6-15(7-3-13)27-11-18(10-16(27)12-30-20(22)23)31-17-8-4-14(5-9-17)21(24,25)26/h2-9,16,18,20H,10-12H2,1H3/t16-,18-/m1/s1. The Morgan fingerprint density at radius 2 is 1.74 bits per heavy atom. The molecule has 1 saturated heterocycles. The number of hydrogen-bond acceptors (Lipinski definition) is 5. The van der Waals surface area contributed by atoms with Crippen LogP contribution in [-0.4, -0.2) is 45.0 Å². The molecule has 2 aromatic rings. The van der Waals surface area contributed by atoms with E-state index in [1.165, 1.54) is 19.2 Å². The highest BCUT2D eigenvalue weighted by Gasteiger charge is 2.35. The minimum atomic E-state index is -4.45. The lowest BCUT2D eigenvalue weighted by atomic mass is 10.1. The van der Waals surface area contributed by atoms with Gasteiger partial charge in [-0.3, -0.25) is 0 Å². The van der Waals surface area contributed by atoms with Gasteiger partial charge in [-0.1, -0.05) is 0 Å². The summed E-state index contributed by atoms with van der Waals surface area (Å²) in [5, 5.41) is 0. The highest BCUT2D eigenvalue weighted by molar-refractivity contribution is 5.89. The summed E-state index contributed by atoms with van der Waals surface area (Å²) in [6, 6.07) is 10.3.